The summed E-state index contributed by atoms with van der Waals surface area (Å²) in [4.78, 5) is 17.7. The molecule has 0 radical (unpaired) electrons. The number of carbonyl (C=O) groups is 1. The van der Waals surface area contributed by atoms with E-state index in [4.69, 9.17) is 0 Å². The number of piperidine rings is 1. The minimum Gasteiger partial charge on any atom is -0.365 e. The molecule has 0 saturated carbocycles. The first-order chi connectivity index (χ1) is 12.8. The SMILES string of the molecule is Cl.Cl.O=C(C1CCNCC1)N1CCCN(Cc2ccccc2)c2ccccc21. The zero-order chi connectivity index (χ0) is 17.8. The molecule has 1 saturated heterocycles. The maximum atomic E-state index is 13.2. The van der Waals surface area contributed by atoms with Crippen molar-refractivity contribution in [3.05, 3.63) is 60.2 Å². The minimum absolute atomic E-state index is 0. The van der Waals surface area contributed by atoms with E-state index < -0.39 is 0 Å². The topological polar surface area (TPSA) is 35.6 Å². The minimum atomic E-state index is 0. The predicted molar refractivity (Wildman–Crippen MR) is 121 cm³/mol. The molecule has 2 aromatic rings. The van der Waals surface area contributed by atoms with Crippen LogP contribution in [0.4, 0.5) is 11.4 Å². The lowest BCUT2D eigenvalue weighted by Crippen LogP contribution is -2.41. The first-order valence-corrected chi connectivity index (χ1v) is 9.73. The third kappa shape index (κ3) is 4.99. The maximum absolute atomic E-state index is 13.2. The Hall–Kier alpha value is -1.75. The number of nitrogens with one attached hydrogen (secondary N) is 1. The van der Waals surface area contributed by atoms with E-state index in [1.807, 2.05) is 6.07 Å². The lowest BCUT2D eigenvalue weighted by molar-refractivity contribution is -0.123. The Morgan fingerprint density at radius 2 is 1.54 bits per heavy atom. The lowest BCUT2D eigenvalue weighted by Gasteiger charge is -2.30. The van der Waals surface area contributed by atoms with Gasteiger partial charge in [0.05, 0.1) is 11.4 Å². The van der Waals surface area contributed by atoms with Crippen LogP contribution in [0.15, 0.2) is 54.6 Å². The summed E-state index contributed by atoms with van der Waals surface area (Å²) < 4.78 is 0. The van der Waals surface area contributed by atoms with E-state index in [9.17, 15) is 4.79 Å². The number of hydrogen-bond donors (Lipinski definition) is 1. The molecule has 1 amide bonds. The third-order valence-corrected chi connectivity index (χ3v) is 5.49. The van der Waals surface area contributed by atoms with Gasteiger partial charge in [-0.05, 0) is 50.0 Å². The van der Waals surface area contributed by atoms with Crippen LogP contribution in [0.25, 0.3) is 0 Å². The van der Waals surface area contributed by atoms with Crippen molar-refractivity contribution in [1.82, 2.24) is 5.32 Å². The Bertz CT molecular complexity index is 750. The molecule has 0 atom stereocenters. The standard InChI is InChI=1S/C22H27N3O.2ClH/c26-22(19-11-13-23-14-12-19)25-16-6-15-24(17-18-7-2-1-3-8-18)20-9-4-5-10-21(20)25;;/h1-5,7-10,19,23H,6,11-17H2;2*1H. The number of anilines is 2. The van der Waals surface area contributed by atoms with Crippen molar-refractivity contribution in [2.45, 2.75) is 25.8 Å². The average molecular weight is 422 g/mol. The van der Waals surface area contributed by atoms with Gasteiger partial charge in [0.2, 0.25) is 5.91 Å². The van der Waals surface area contributed by atoms with Crippen LogP contribution in [0.5, 0.6) is 0 Å². The second kappa shape index (κ2) is 10.7. The van der Waals surface area contributed by atoms with Crippen molar-refractivity contribution in [3.63, 3.8) is 0 Å². The Balaban J connectivity index is 0.00000140. The summed E-state index contributed by atoms with van der Waals surface area (Å²) in [7, 11) is 0. The predicted octanol–water partition coefficient (Wildman–Crippen LogP) is 4.27. The number of amides is 1. The number of benzene rings is 2. The summed E-state index contributed by atoms with van der Waals surface area (Å²) in [5, 5.41) is 3.36. The lowest BCUT2D eigenvalue weighted by atomic mass is 9.96. The third-order valence-electron chi connectivity index (χ3n) is 5.49. The fraction of sp³-hybridized carbons (Fsp3) is 0.409. The highest BCUT2D eigenvalue weighted by Gasteiger charge is 2.30. The van der Waals surface area contributed by atoms with Crippen molar-refractivity contribution in [2.24, 2.45) is 5.92 Å². The number of carbonyl (C=O) groups excluding carboxylic acids is 1. The van der Waals surface area contributed by atoms with Gasteiger partial charge in [0, 0.05) is 25.6 Å². The van der Waals surface area contributed by atoms with Crippen LogP contribution >= 0.6 is 24.8 Å². The van der Waals surface area contributed by atoms with Gasteiger partial charge in [0.1, 0.15) is 0 Å². The molecule has 152 valence electrons. The molecule has 2 aromatic carbocycles. The molecule has 2 aliphatic rings. The number of halogens is 2. The van der Waals surface area contributed by atoms with E-state index in [2.05, 4.69) is 63.6 Å². The molecule has 0 spiro atoms. The Labute approximate surface area is 180 Å². The number of hydrogen-bond acceptors (Lipinski definition) is 3. The molecule has 4 rings (SSSR count). The molecule has 1 fully saturated rings. The molecule has 2 aliphatic heterocycles. The van der Waals surface area contributed by atoms with E-state index in [1.54, 1.807) is 0 Å². The molecule has 2 heterocycles. The van der Waals surface area contributed by atoms with Gasteiger partial charge in [-0.15, -0.1) is 24.8 Å². The van der Waals surface area contributed by atoms with Crippen LogP contribution in [0.2, 0.25) is 0 Å². The smallest absolute Gasteiger partial charge is 0.230 e. The van der Waals surface area contributed by atoms with Crippen molar-refractivity contribution < 1.29 is 4.79 Å². The second-order valence-electron chi connectivity index (χ2n) is 7.26. The second-order valence-corrected chi connectivity index (χ2v) is 7.26. The number of fused-ring (bicyclic) bond motifs is 1. The Morgan fingerprint density at radius 3 is 2.25 bits per heavy atom. The van der Waals surface area contributed by atoms with E-state index in [-0.39, 0.29) is 30.7 Å². The molecule has 1 N–H and O–H groups in total. The highest BCUT2D eigenvalue weighted by Crippen LogP contribution is 2.34. The fourth-order valence-corrected chi connectivity index (χ4v) is 4.11. The number of nitrogens with zero attached hydrogens (tertiary/aromatic N) is 2. The van der Waals surface area contributed by atoms with Crippen molar-refractivity contribution in [1.29, 1.82) is 0 Å². The Morgan fingerprint density at radius 1 is 0.893 bits per heavy atom. The highest BCUT2D eigenvalue weighted by molar-refractivity contribution is 5.98. The maximum Gasteiger partial charge on any atom is 0.230 e. The van der Waals surface area contributed by atoms with E-state index in [1.165, 1.54) is 11.3 Å². The van der Waals surface area contributed by atoms with Crippen LogP contribution in [-0.2, 0) is 11.3 Å². The van der Waals surface area contributed by atoms with Gasteiger partial charge in [-0.2, -0.15) is 0 Å². The van der Waals surface area contributed by atoms with Crippen LogP contribution in [0, 0.1) is 5.92 Å². The molecule has 28 heavy (non-hydrogen) atoms. The van der Waals surface area contributed by atoms with Crippen molar-refractivity contribution >= 4 is 42.1 Å². The van der Waals surface area contributed by atoms with Gasteiger partial charge >= 0.3 is 0 Å². The van der Waals surface area contributed by atoms with E-state index in [0.717, 1.165) is 57.7 Å². The van der Waals surface area contributed by atoms with Gasteiger partial charge in [-0.1, -0.05) is 42.5 Å². The van der Waals surface area contributed by atoms with Crippen molar-refractivity contribution in [3.8, 4) is 0 Å². The number of para-hydroxylation sites is 2. The summed E-state index contributed by atoms with van der Waals surface area (Å²) in [5.41, 5.74) is 3.56. The quantitative estimate of drug-likeness (QED) is 0.803. The van der Waals surface area contributed by atoms with Crippen molar-refractivity contribution in [2.75, 3.05) is 36.0 Å². The van der Waals surface area contributed by atoms with Gasteiger partial charge < -0.3 is 15.1 Å². The van der Waals surface area contributed by atoms with E-state index >= 15 is 0 Å². The highest BCUT2D eigenvalue weighted by atomic mass is 35.5. The summed E-state index contributed by atoms with van der Waals surface area (Å²) in [6.45, 7) is 4.57. The molecule has 0 unspecified atom stereocenters. The summed E-state index contributed by atoms with van der Waals surface area (Å²) >= 11 is 0. The van der Waals surface area contributed by atoms with Gasteiger partial charge in [0.25, 0.3) is 0 Å². The summed E-state index contributed by atoms with van der Waals surface area (Å²) in [6, 6.07) is 19.0. The fourth-order valence-electron chi connectivity index (χ4n) is 4.11. The summed E-state index contributed by atoms with van der Waals surface area (Å²) in [6.07, 6.45) is 2.90. The normalized spacial score (nSPS) is 17.0. The van der Waals surface area contributed by atoms with Crippen LogP contribution < -0.4 is 15.1 Å². The van der Waals surface area contributed by atoms with Crippen LogP contribution in [0.3, 0.4) is 0 Å². The molecule has 6 heteroatoms. The van der Waals surface area contributed by atoms with Crippen LogP contribution in [-0.4, -0.2) is 32.1 Å². The first-order valence-electron chi connectivity index (χ1n) is 9.73. The largest absolute Gasteiger partial charge is 0.365 e. The van der Waals surface area contributed by atoms with Gasteiger partial charge in [0.15, 0.2) is 0 Å². The zero-order valence-electron chi connectivity index (χ0n) is 16.0. The van der Waals surface area contributed by atoms with Gasteiger partial charge in [-0.25, -0.2) is 0 Å². The zero-order valence-corrected chi connectivity index (χ0v) is 17.7. The average Bonchev–Trinajstić information content (AvgIpc) is 2.89. The Kier molecular flexibility index (Phi) is 8.61. The van der Waals surface area contributed by atoms with E-state index in [0.29, 0.717) is 5.91 Å². The number of rotatable bonds is 3. The molecule has 0 aliphatic carbocycles. The van der Waals surface area contributed by atoms with Gasteiger partial charge in [-0.3, -0.25) is 4.79 Å². The molecule has 4 nitrogen and oxygen atoms in total. The molecular weight excluding hydrogens is 393 g/mol. The summed E-state index contributed by atoms with van der Waals surface area (Å²) in [5.74, 6) is 0.463. The monoisotopic (exact) mass is 421 g/mol. The first kappa shape index (κ1) is 22.5. The molecular formula is C22H29Cl2N3O. The van der Waals surface area contributed by atoms with Crippen LogP contribution in [0.1, 0.15) is 24.8 Å². The molecule has 0 aromatic heterocycles. The molecule has 0 bridgehead atoms.